The Morgan fingerprint density at radius 3 is 2.24 bits per heavy atom. The molecule has 1 aromatic carbocycles. The van der Waals surface area contributed by atoms with E-state index in [1.165, 1.54) is 0 Å². The van der Waals surface area contributed by atoms with Crippen molar-refractivity contribution in [3.8, 4) is 0 Å². The van der Waals surface area contributed by atoms with Crippen molar-refractivity contribution in [3.63, 3.8) is 0 Å². The summed E-state index contributed by atoms with van der Waals surface area (Å²) in [6.45, 7) is 6.62. The van der Waals surface area contributed by atoms with E-state index in [4.69, 9.17) is 4.74 Å². The van der Waals surface area contributed by atoms with E-state index in [1.54, 1.807) is 45.2 Å². The number of carbonyl (C=O) groups excluding carboxylic acids is 3. The molecule has 0 aliphatic rings. The standard InChI is InChI=1S/C18H27N3O4/c1-5-10-19-16(22)11-21(4)12-17(23)20-15-8-6-14(7-9-15)18(24)25-13(2)3/h6-9,13H,5,10-12H2,1-4H3,(H,19,22)(H,20,23)/p+1. The van der Waals surface area contributed by atoms with Gasteiger partial charge in [-0.1, -0.05) is 6.92 Å². The minimum absolute atomic E-state index is 0.0693. The Kier molecular flexibility index (Phi) is 8.63. The largest absolute Gasteiger partial charge is 0.459 e. The van der Waals surface area contributed by atoms with E-state index in [-0.39, 0.29) is 31.0 Å². The molecule has 1 rings (SSSR count). The third-order valence-electron chi connectivity index (χ3n) is 3.24. The van der Waals surface area contributed by atoms with Gasteiger partial charge in [-0.2, -0.15) is 0 Å². The van der Waals surface area contributed by atoms with Crippen LogP contribution in [0.4, 0.5) is 5.69 Å². The highest BCUT2D eigenvalue weighted by Gasteiger charge is 2.14. The van der Waals surface area contributed by atoms with Gasteiger partial charge in [-0.25, -0.2) is 4.79 Å². The maximum absolute atomic E-state index is 12.0. The van der Waals surface area contributed by atoms with Crippen molar-refractivity contribution in [1.82, 2.24) is 5.32 Å². The number of quaternary nitrogens is 1. The average molecular weight is 350 g/mol. The molecule has 0 saturated heterocycles. The highest BCUT2D eigenvalue weighted by atomic mass is 16.5. The molecule has 1 aromatic rings. The number of benzene rings is 1. The Morgan fingerprint density at radius 1 is 1.08 bits per heavy atom. The van der Waals surface area contributed by atoms with Crippen molar-refractivity contribution in [3.05, 3.63) is 29.8 Å². The zero-order valence-corrected chi connectivity index (χ0v) is 15.3. The summed E-state index contributed by atoms with van der Waals surface area (Å²) < 4.78 is 5.11. The number of ether oxygens (including phenoxy) is 1. The molecule has 138 valence electrons. The van der Waals surface area contributed by atoms with Gasteiger partial charge in [0, 0.05) is 12.2 Å². The lowest BCUT2D eigenvalue weighted by atomic mass is 10.2. The number of amides is 2. The Hall–Kier alpha value is -2.41. The molecule has 0 heterocycles. The van der Waals surface area contributed by atoms with Crippen LogP contribution < -0.4 is 15.5 Å². The molecule has 0 bridgehead atoms. The Balaban J connectivity index is 2.46. The van der Waals surface area contributed by atoms with Gasteiger partial charge in [-0.3, -0.25) is 9.59 Å². The van der Waals surface area contributed by atoms with E-state index in [1.807, 2.05) is 6.92 Å². The molecule has 1 unspecified atom stereocenters. The molecule has 3 N–H and O–H groups in total. The van der Waals surface area contributed by atoms with Crippen molar-refractivity contribution >= 4 is 23.5 Å². The van der Waals surface area contributed by atoms with Gasteiger partial charge in [0.2, 0.25) is 0 Å². The molecule has 0 radical (unpaired) electrons. The number of esters is 1. The molecular weight excluding hydrogens is 322 g/mol. The van der Waals surface area contributed by atoms with E-state index in [2.05, 4.69) is 10.6 Å². The van der Waals surface area contributed by atoms with Crippen LogP contribution in [-0.4, -0.2) is 50.6 Å². The van der Waals surface area contributed by atoms with Gasteiger partial charge in [0.15, 0.2) is 13.1 Å². The third-order valence-corrected chi connectivity index (χ3v) is 3.24. The molecule has 0 fully saturated rings. The van der Waals surface area contributed by atoms with Gasteiger partial charge >= 0.3 is 5.97 Å². The first-order valence-electron chi connectivity index (χ1n) is 8.50. The van der Waals surface area contributed by atoms with E-state index >= 15 is 0 Å². The lowest BCUT2D eigenvalue weighted by molar-refractivity contribution is -0.862. The first kappa shape index (κ1) is 20.6. The summed E-state index contributed by atoms with van der Waals surface area (Å²) in [5.74, 6) is -0.659. The Bertz CT molecular complexity index is 584. The van der Waals surface area contributed by atoms with E-state index in [0.29, 0.717) is 17.8 Å². The number of carbonyl (C=O) groups is 3. The smallest absolute Gasteiger partial charge is 0.338 e. The zero-order chi connectivity index (χ0) is 18.8. The minimum atomic E-state index is -0.393. The molecule has 7 nitrogen and oxygen atoms in total. The second-order valence-electron chi connectivity index (χ2n) is 6.24. The first-order valence-corrected chi connectivity index (χ1v) is 8.50. The average Bonchev–Trinajstić information content (AvgIpc) is 2.52. The number of nitrogens with one attached hydrogen (secondary N) is 3. The fraction of sp³-hybridized carbons (Fsp3) is 0.500. The number of hydrogen-bond acceptors (Lipinski definition) is 4. The highest BCUT2D eigenvalue weighted by molar-refractivity contribution is 5.93. The SMILES string of the molecule is CCCNC(=O)C[NH+](C)CC(=O)Nc1ccc(C(=O)OC(C)C)cc1. The maximum Gasteiger partial charge on any atom is 0.338 e. The normalized spacial score (nSPS) is 11.7. The fourth-order valence-electron chi connectivity index (χ4n) is 2.11. The van der Waals surface area contributed by atoms with E-state index in [9.17, 15) is 14.4 Å². The summed E-state index contributed by atoms with van der Waals surface area (Å²) in [5.41, 5.74) is 1.02. The second kappa shape index (κ2) is 10.5. The summed E-state index contributed by atoms with van der Waals surface area (Å²) in [7, 11) is 1.79. The summed E-state index contributed by atoms with van der Waals surface area (Å²) in [4.78, 5) is 36.2. The van der Waals surface area contributed by atoms with Gasteiger partial charge in [0.1, 0.15) is 0 Å². The molecule has 2 amide bonds. The quantitative estimate of drug-likeness (QED) is 0.556. The Morgan fingerprint density at radius 2 is 1.68 bits per heavy atom. The van der Waals surface area contributed by atoms with Crippen molar-refractivity contribution in [2.24, 2.45) is 0 Å². The highest BCUT2D eigenvalue weighted by Crippen LogP contribution is 2.11. The van der Waals surface area contributed by atoms with Gasteiger partial charge in [-0.15, -0.1) is 0 Å². The monoisotopic (exact) mass is 350 g/mol. The van der Waals surface area contributed by atoms with Gasteiger partial charge in [0.05, 0.1) is 18.7 Å². The van der Waals surface area contributed by atoms with Gasteiger partial charge in [-0.05, 0) is 44.5 Å². The van der Waals surface area contributed by atoms with Crippen LogP contribution >= 0.6 is 0 Å². The molecule has 7 heteroatoms. The number of rotatable bonds is 9. The van der Waals surface area contributed by atoms with Crippen LogP contribution in [0.15, 0.2) is 24.3 Å². The number of likely N-dealkylation sites (N-methyl/N-ethyl adjacent to an activating group) is 1. The van der Waals surface area contributed by atoms with Crippen molar-refractivity contribution < 1.29 is 24.0 Å². The van der Waals surface area contributed by atoms with Crippen LogP contribution in [0.25, 0.3) is 0 Å². The number of hydrogen-bond donors (Lipinski definition) is 3. The second-order valence-corrected chi connectivity index (χ2v) is 6.24. The lowest BCUT2D eigenvalue weighted by Gasteiger charge is -2.13. The topological polar surface area (TPSA) is 88.9 Å². The van der Waals surface area contributed by atoms with Crippen LogP contribution in [0, 0.1) is 0 Å². The lowest BCUT2D eigenvalue weighted by Crippen LogP contribution is -3.11. The summed E-state index contributed by atoms with van der Waals surface area (Å²) in [6.07, 6.45) is 0.700. The molecule has 25 heavy (non-hydrogen) atoms. The van der Waals surface area contributed by atoms with Crippen molar-refractivity contribution in [1.29, 1.82) is 0 Å². The van der Waals surface area contributed by atoms with Crippen LogP contribution in [0.3, 0.4) is 0 Å². The van der Waals surface area contributed by atoms with Crippen LogP contribution in [0.2, 0.25) is 0 Å². The van der Waals surface area contributed by atoms with Crippen molar-refractivity contribution in [2.75, 3.05) is 32.0 Å². The summed E-state index contributed by atoms with van der Waals surface area (Å²) in [5, 5.41) is 5.53. The Labute approximate surface area is 148 Å². The minimum Gasteiger partial charge on any atom is -0.459 e. The molecule has 0 spiro atoms. The van der Waals surface area contributed by atoms with E-state index in [0.717, 1.165) is 11.3 Å². The van der Waals surface area contributed by atoms with Gasteiger partial charge in [0.25, 0.3) is 11.8 Å². The van der Waals surface area contributed by atoms with Crippen molar-refractivity contribution in [2.45, 2.75) is 33.3 Å². The van der Waals surface area contributed by atoms with Crippen LogP contribution in [-0.2, 0) is 14.3 Å². The van der Waals surface area contributed by atoms with Crippen LogP contribution in [0.5, 0.6) is 0 Å². The maximum atomic E-state index is 12.0. The summed E-state index contributed by atoms with van der Waals surface area (Å²) in [6, 6.07) is 6.51. The fourth-order valence-corrected chi connectivity index (χ4v) is 2.11. The molecule has 0 aromatic heterocycles. The molecule has 1 atom stereocenters. The first-order chi connectivity index (χ1) is 11.8. The molecule has 0 saturated carbocycles. The molecular formula is C18H28N3O4+. The van der Waals surface area contributed by atoms with E-state index < -0.39 is 5.97 Å². The van der Waals surface area contributed by atoms with Gasteiger partial charge < -0.3 is 20.3 Å². The number of anilines is 1. The third kappa shape index (κ3) is 8.30. The molecule has 0 aliphatic heterocycles. The predicted molar refractivity (Wildman–Crippen MR) is 95.5 cm³/mol. The summed E-state index contributed by atoms with van der Waals surface area (Å²) >= 11 is 0. The predicted octanol–water partition coefficient (Wildman–Crippen LogP) is 0.231. The molecule has 0 aliphatic carbocycles. The zero-order valence-electron chi connectivity index (χ0n) is 15.3. The van der Waals surface area contributed by atoms with Crippen LogP contribution in [0.1, 0.15) is 37.6 Å².